The highest BCUT2D eigenvalue weighted by atomic mass is 16.2. The summed E-state index contributed by atoms with van der Waals surface area (Å²) in [6.07, 6.45) is 7.01. The van der Waals surface area contributed by atoms with Crippen molar-refractivity contribution in [3.8, 4) is 12.1 Å². The molecule has 168 valence electrons. The number of hydrogen-bond acceptors (Lipinski definition) is 4. The molecule has 1 aromatic heterocycles. The Bertz CT molecular complexity index is 1560. The molecule has 4 aromatic rings. The predicted octanol–water partition coefficient (Wildman–Crippen LogP) is 4.83. The molecule has 0 N–H and O–H groups in total. The fraction of sp³-hybridized carbons (Fsp3) is 0.103. The van der Waals surface area contributed by atoms with Gasteiger partial charge < -0.3 is 9.47 Å². The molecular formula is C29H21N5O. The van der Waals surface area contributed by atoms with Crippen LogP contribution in [0.3, 0.4) is 0 Å². The van der Waals surface area contributed by atoms with Crippen LogP contribution >= 0.6 is 0 Å². The zero-order valence-corrected chi connectivity index (χ0v) is 18.9. The lowest BCUT2D eigenvalue weighted by Gasteiger charge is -2.25. The molecule has 35 heavy (non-hydrogen) atoms. The molecule has 2 heterocycles. The Morgan fingerprint density at radius 3 is 2.57 bits per heavy atom. The average molecular weight is 456 g/mol. The van der Waals surface area contributed by atoms with Crippen molar-refractivity contribution in [2.45, 2.75) is 13.0 Å². The first-order chi connectivity index (χ1) is 17.2. The summed E-state index contributed by atoms with van der Waals surface area (Å²) >= 11 is 0. The highest BCUT2D eigenvalue weighted by molar-refractivity contribution is 5.97. The molecule has 0 unspecified atom stereocenters. The number of allylic oxidation sites excluding steroid dienone is 2. The third-order valence-corrected chi connectivity index (χ3v) is 6.20. The van der Waals surface area contributed by atoms with Gasteiger partial charge in [0.05, 0.1) is 42.6 Å². The number of rotatable bonds is 5. The van der Waals surface area contributed by atoms with E-state index in [2.05, 4.69) is 17.1 Å². The van der Waals surface area contributed by atoms with Gasteiger partial charge in [-0.1, -0.05) is 54.6 Å². The van der Waals surface area contributed by atoms with Crippen LogP contribution in [0.5, 0.6) is 0 Å². The summed E-state index contributed by atoms with van der Waals surface area (Å²) in [5, 5.41) is 20.9. The number of carbonyl (C=O) groups excluding carboxylic acids is 1. The monoisotopic (exact) mass is 455 g/mol. The molecule has 0 saturated carbocycles. The van der Waals surface area contributed by atoms with Crippen LogP contribution in [0.2, 0.25) is 0 Å². The van der Waals surface area contributed by atoms with Gasteiger partial charge in [-0.25, -0.2) is 4.98 Å². The highest BCUT2D eigenvalue weighted by Crippen LogP contribution is 2.30. The van der Waals surface area contributed by atoms with E-state index < -0.39 is 0 Å². The minimum Gasteiger partial charge on any atom is -0.330 e. The molecule has 0 spiro atoms. The first-order valence-electron chi connectivity index (χ1n) is 11.2. The first kappa shape index (κ1) is 21.9. The third kappa shape index (κ3) is 4.46. The minimum absolute atomic E-state index is 0.0717. The van der Waals surface area contributed by atoms with Gasteiger partial charge in [-0.2, -0.15) is 10.5 Å². The summed E-state index contributed by atoms with van der Waals surface area (Å²) in [5.74, 6) is -0.0717. The maximum atomic E-state index is 13.3. The van der Waals surface area contributed by atoms with Crippen molar-refractivity contribution in [1.29, 1.82) is 10.5 Å². The number of amides is 1. The lowest BCUT2D eigenvalue weighted by atomic mass is 9.93. The van der Waals surface area contributed by atoms with E-state index >= 15 is 0 Å². The standard InChI is InChI=1S/C29H21N5O/c30-15-21-8-10-22(11-9-21)18-34-20-32-17-25(34)14-29(35)33-13-12-24(16-31)28(19-33)27-7-3-5-23-4-1-2-6-26(23)27/h1-13,17,20H,14,18-19H2. The molecule has 6 nitrogen and oxygen atoms in total. The summed E-state index contributed by atoms with van der Waals surface area (Å²) in [4.78, 5) is 19.2. The smallest absolute Gasteiger partial charge is 0.232 e. The van der Waals surface area contributed by atoms with Gasteiger partial charge in [-0.15, -0.1) is 0 Å². The lowest BCUT2D eigenvalue weighted by Crippen LogP contribution is -2.31. The number of imidazole rings is 1. The Labute approximate surface area is 203 Å². The Hall–Kier alpha value is -4.94. The van der Waals surface area contributed by atoms with Crippen molar-refractivity contribution in [2.75, 3.05) is 6.54 Å². The van der Waals surface area contributed by atoms with Crippen LogP contribution in [0.1, 0.15) is 22.4 Å². The molecule has 5 rings (SSSR count). The van der Waals surface area contributed by atoms with Crippen molar-refractivity contribution in [3.05, 3.63) is 119 Å². The Morgan fingerprint density at radius 2 is 1.77 bits per heavy atom. The highest BCUT2D eigenvalue weighted by Gasteiger charge is 2.22. The molecule has 0 radical (unpaired) electrons. The molecule has 1 amide bonds. The second-order valence-electron chi connectivity index (χ2n) is 8.37. The van der Waals surface area contributed by atoms with Gasteiger partial charge in [0.2, 0.25) is 5.91 Å². The van der Waals surface area contributed by atoms with E-state index in [1.807, 2.05) is 59.2 Å². The van der Waals surface area contributed by atoms with Gasteiger partial charge in [-0.05, 0) is 45.7 Å². The third-order valence-electron chi connectivity index (χ3n) is 6.20. The Morgan fingerprint density at radius 1 is 0.971 bits per heavy atom. The molecule has 0 saturated heterocycles. The summed E-state index contributed by atoms with van der Waals surface area (Å²) in [5.41, 5.74) is 4.80. The quantitative estimate of drug-likeness (QED) is 0.431. The van der Waals surface area contributed by atoms with E-state index in [4.69, 9.17) is 5.26 Å². The van der Waals surface area contributed by atoms with Crippen molar-refractivity contribution in [2.24, 2.45) is 0 Å². The van der Waals surface area contributed by atoms with Crippen LogP contribution in [0.15, 0.2) is 97.1 Å². The van der Waals surface area contributed by atoms with Crippen LogP contribution < -0.4 is 0 Å². The zero-order chi connectivity index (χ0) is 24.2. The lowest BCUT2D eigenvalue weighted by molar-refractivity contribution is -0.127. The van der Waals surface area contributed by atoms with E-state index in [0.29, 0.717) is 24.2 Å². The van der Waals surface area contributed by atoms with Crippen LogP contribution in [0, 0.1) is 22.7 Å². The second kappa shape index (κ2) is 9.51. The van der Waals surface area contributed by atoms with Crippen LogP contribution in [0.4, 0.5) is 0 Å². The fourth-order valence-electron chi connectivity index (χ4n) is 4.34. The van der Waals surface area contributed by atoms with Crippen LogP contribution in [-0.2, 0) is 17.8 Å². The normalized spacial score (nSPS) is 13.0. The van der Waals surface area contributed by atoms with Gasteiger partial charge in [0, 0.05) is 24.6 Å². The van der Waals surface area contributed by atoms with Crippen molar-refractivity contribution in [1.82, 2.24) is 14.5 Å². The van der Waals surface area contributed by atoms with Crippen LogP contribution in [0.25, 0.3) is 16.3 Å². The van der Waals surface area contributed by atoms with Gasteiger partial charge in [0.25, 0.3) is 0 Å². The first-order valence-corrected chi connectivity index (χ1v) is 11.2. The van der Waals surface area contributed by atoms with Crippen molar-refractivity contribution >= 4 is 22.3 Å². The number of carbonyl (C=O) groups is 1. The SMILES string of the molecule is N#CC1=C(c2cccc3ccccc23)CN(C(=O)Cc2cncn2Cc2ccc(C#N)cc2)C=C1. The van der Waals surface area contributed by atoms with E-state index in [1.54, 1.807) is 41.8 Å². The molecule has 1 aliphatic rings. The molecule has 0 bridgehead atoms. The molecule has 1 aliphatic heterocycles. The minimum atomic E-state index is -0.0717. The zero-order valence-electron chi connectivity index (χ0n) is 18.9. The van der Waals surface area contributed by atoms with Crippen molar-refractivity contribution < 1.29 is 4.79 Å². The predicted molar refractivity (Wildman–Crippen MR) is 134 cm³/mol. The Kier molecular flexibility index (Phi) is 5.94. The molecule has 0 fully saturated rings. The number of nitriles is 2. The second-order valence-corrected chi connectivity index (χ2v) is 8.37. The summed E-state index contributed by atoms with van der Waals surface area (Å²) in [7, 11) is 0. The molecular weight excluding hydrogens is 434 g/mol. The maximum Gasteiger partial charge on any atom is 0.232 e. The number of benzene rings is 3. The van der Waals surface area contributed by atoms with Gasteiger partial charge in [0.15, 0.2) is 0 Å². The van der Waals surface area contributed by atoms with E-state index in [1.165, 1.54) is 0 Å². The molecule has 3 aromatic carbocycles. The fourth-order valence-corrected chi connectivity index (χ4v) is 4.34. The molecule has 0 aliphatic carbocycles. The average Bonchev–Trinajstić information content (AvgIpc) is 3.34. The summed E-state index contributed by atoms with van der Waals surface area (Å²) < 4.78 is 1.94. The van der Waals surface area contributed by atoms with Crippen LogP contribution in [-0.4, -0.2) is 26.9 Å². The molecule has 6 heteroatoms. The number of hydrogen-bond donors (Lipinski definition) is 0. The number of nitrogens with zero attached hydrogens (tertiary/aromatic N) is 5. The molecule has 0 atom stereocenters. The maximum absolute atomic E-state index is 13.3. The van der Waals surface area contributed by atoms with E-state index in [0.717, 1.165) is 33.2 Å². The van der Waals surface area contributed by atoms with Crippen molar-refractivity contribution in [3.63, 3.8) is 0 Å². The van der Waals surface area contributed by atoms with Gasteiger partial charge in [-0.3, -0.25) is 4.79 Å². The van der Waals surface area contributed by atoms with E-state index in [-0.39, 0.29) is 12.3 Å². The summed E-state index contributed by atoms with van der Waals surface area (Å²) in [6, 6.07) is 25.9. The largest absolute Gasteiger partial charge is 0.330 e. The topological polar surface area (TPSA) is 85.7 Å². The van der Waals surface area contributed by atoms with E-state index in [9.17, 15) is 10.1 Å². The van der Waals surface area contributed by atoms with Gasteiger partial charge >= 0.3 is 0 Å². The Balaban J connectivity index is 1.36. The number of fused-ring (bicyclic) bond motifs is 1. The van der Waals surface area contributed by atoms with Gasteiger partial charge in [0.1, 0.15) is 0 Å². The summed E-state index contributed by atoms with van der Waals surface area (Å²) in [6.45, 7) is 0.889. The number of aromatic nitrogens is 2.